The van der Waals surface area contributed by atoms with E-state index < -0.39 is 0 Å². The number of aromatic nitrogens is 1. The minimum Gasteiger partial charge on any atom is -0.341 e. The van der Waals surface area contributed by atoms with E-state index in [0.717, 1.165) is 30.6 Å². The van der Waals surface area contributed by atoms with Gasteiger partial charge in [0.1, 0.15) is 0 Å². The Morgan fingerprint density at radius 2 is 2.08 bits per heavy atom. The van der Waals surface area contributed by atoms with E-state index in [4.69, 9.17) is 0 Å². The Labute approximate surface area is 155 Å². The zero-order chi connectivity index (χ0) is 18.1. The summed E-state index contributed by atoms with van der Waals surface area (Å²) in [6.45, 7) is 3.76. The molecule has 0 aliphatic carbocycles. The number of carbonyl (C=O) groups excluding carboxylic acids is 1. The Balaban J connectivity index is 1.50. The second-order valence-electron chi connectivity index (χ2n) is 7.72. The van der Waals surface area contributed by atoms with E-state index in [2.05, 4.69) is 46.3 Å². The molecular weight excluding hydrogens is 322 g/mol. The molecule has 0 saturated carbocycles. The van der Waals surface area contributed by atoms with E-state index in [1.807, 2.05) is 31.1 Å². The van der Waals surface area contributed by atoms with Crippen molar-refractivity contribution < 1.29 is 4.79 Å². The molecule has 2 aliphatic heterocycles. The van der Waals surface area contributed by atoms with Crippen LogP contribution in [0.25, 0.3) is 0 Å². The van der Waals surface area contributed by atoms with Gasteiger partial charge in [-0.05, 0) is 56.0 Å². The molecule has 1 aromatic carbocycles. The fraction of sp³-hybridized carbons (Fsp3) is 0.455. The Hall–Kier alpha value is -2.20. The number of amides is 1. The molecule has 2 aliphatic rings. The topological polar surface area (TPSA) is 36.4 Å². The number of carbonyl (C=O) groups is 1. The number of fused-ring (bicyclic) bond motifs is 1. The summed E-state index contributed by atoms with van der Waals surface area (Å²) < 4.78 is 0. The molecule has 4 nitrogen and oxygen atoms in total. The van der Waals surface area contributed by atoms with Crippen LogP contribution in [0.5, 0.6) is 0 Å². The maximum absolute atomic E-state index is 13.2. The number of hydrogen-bond donors (Lipinski definition) is 0. The largest absolute Gasteiger partial charge is 0.341 e. The summed E-state index contributed by atoms with van der Waals surface area (Å²) in [5.74, 6) is 0.394. The molecule has 2 saturated heterocycles. The summed E-state index contributed by atoms with van der Waals surface area (Å²) >= 11 is 0. The first kappa shape index (κ1) is 17.2. The van der Waals surface area contributed by atoms with Crippen LogP contribution < -0.4 is 0 Å². The molecular formula is C22H27N3O. The lowest BCUT2D eigenvalue weighted by atomic mass is 9.93. The van der Waals surface area contributed by atoms with Gasteiger partial charge in [-0.2, -0.15) is 0 Å². The van der Waals surface area contributed by atoms with Gasteiger partial charge in [-0.3, -0.25) is 14.7 Å². The number of nitrogens with zero attached hydrogens (tertiary/aromatic N) is 3. The number of pyridine rings is 1. The quantitative estimate of drug-likeness (QED) is 0.847. The van der Waals surface area contributed by atoms with Gasteiger partial charge in [-0.15, -0.1) is 0 Å². The highest BCUT2D eigenvalue weighted by atomic mass is 16.2. The van der Waals surface area contributed by atoms with Crippen molar-refractivity contribution in [3.63, 3.8) is 0 Å². The molecule has 4 heteroatoms. The second kappa shape index (κ2) is 7.20. The summed E-state index contributed by atoms with van der Waals surface area (Å²) in [4.78, 5) is 22.0. The van der Waals surface area contributed by atoms with Crippen LogP contribution in [0.4, 0.5) is 0 Å². The Kier molecular flexibility index (Phi) is 4.77. The van der Waals surface area contributed by atoms with Crippen molar-refractivity contribution in [2.24, 2.45) is 5.92 Å². The highest BCUT2D eigenvalue weighted by Crippen LogP contribution is 2.45. The average Bonchev–Trinajstić information content (AvgIpc) is 3.24. The van der Waals surface area contributed by atoms with E-state index in [0.29, 0.717) is 18.6 Å². The van der Waals surface area contributed by atoms with Crippen molar-refractivity contribution in [3.05, 3.63) is 65.5 Å². The normalized spacial score (nSPS) is 25.2. The van der Waals surface area contributed by atoms with Crippen molar-refractivity contribution in [2.75, 3.05) is 13.6 Å². The molecule has 136 valence electrons. The van der Waals surface area contributed by atoms with Gasteiger partial charge in [0.05, 0.1) is 5.92 Å². The molecule has 0 N–H and O–H groups in total. The van der Waals surface area contributed by atoms with Crippen LogP contribution in [-0.2, 0) is 11.3 Å². The predicted molar refractivity (Wildman–Crippen MR) is 102 cm³/mol. The lowest BCUT2D eigenvalue weighted by Crippen LogP contribution is -2.38. The summed E-state index contributed by atoms with van der Waals surface area (Å²) in [6, 6.07) is 15.5. The van der Waals surface area contributed by atoms with Crippen LogP contribution >= 0.6 is 0 Å². The molecule has 0 unspecified atom stereocenters. The fourth-order valence-electron chi connectivity index (χ4n) is 4.77. The Bertz CT molecular complexity index is 776. The van der Waals surface area contributed by atoms with Crippen molar-refractivity contribution in [1.82, 2.24) is 14.8 Å². The third kappa shape index (κ3) is 3.26. The maximum Gasteiger partial charge on any atom is 0.227 e. The minimum atomic E-state index is 0.107. The molecule has 3 heterocycles. The zero-order valence-corrected chi connectivity index (χ0v) is 15.6. The molecule has 1 aromatic heterocycles. The van der Waals surface area contributed by atoms with Crippen LogP contribution in [0.2, 0.25) is 0 Å². The van der Waals surface area contributed by atoms with Crippen LogP contribution in [-0.4, -0.2) is 40.3 Å². The summed E-state index contributed by atoms with van der Waals surface area (Å²) in [5, 5.41) is 0. The number of rotatable bonds is 4. The van der Waals surface area contributed by atoms with E-state index in [9.17, 15) is 4.79 Å². The van der Waals surface area contributed by atoms with Gasteiger partial charge in [0.2, 0.25) is 5.91 Å². The van der Waals surface area contributed by atoms with Gasteiger partial charge >= 0.3 is 0 Å². The van der Waals surface area contributed by atoms with Crippen LogP contribution in [0.1, 0.15) is 42.1 Å². The molecule has 3 atom stereocenters. The summed E-state index contributed by atoms with van der Waals surface area (Å²) in [7, 11) is 1.94. The van der Waals surface area contributed by atoms with Crippen LogP contribution in [0, 0.1) is 12.8 Å². The van der Waals surface area contributed by atoms with E-state index >= 15 is 0 Å². The fourth-order valence-corrected chi connectivity index (χ4v) is 4.77. The Morgan fingerprint density at radius 3 is 2.85 bits per heavy atom. The van der Waals surface area contributed by atoms with E-state index in [-0.39, 0.29) is 11.8 Å². The third-order valence-electron chi connectivity index (χ3n) is 5.94. The third-order valence-corrected chi connectivity index (χ3v) is 5.94. The SMILES string of the molecule is Cc1cc(CN(C)C(=O)[C@@H]2C[C@H](c3ccccc3)N3CCC[C@@H]23)ccn1. The lowest BCUT2D eigenvalue weighted by Gasteiger charge is -2.26. The van der Waals surface area contributed by atoms with Crippen molar-refractivity contribution in [1.29, 1.82) is 0 Å². The smallest absolute Gasteiger partial charge is 0.227 e. The number of benzene rings is 1. The first-order valence-electron chi connectivity index (χ1n) is 9.60. The predicted octanol–water partition coefficient (Wildman–Crippen LogP) is 3.57. The van der Waals surface area contributed by atoms with Crippen molar-refractivity contribution in [3.8, 4) is 0 Å². The average molecular weight is 349 g/mol. The monoisotopic (exact) mass is 349 g/mol. The standard InChI is InChI=1S/C22H27N3O/c1-16-13-17(10-11-23-16)15-24(2)22(26)19-14-21(18-7-4-3-5-8-18)25-12-6-9-20(19)25/h3-5,7-8,10-11,13,19-21H,6,9,12,14-15H2,1-2H3/t19-,20+,21-/m1/s1. The Morgan fingerprint density at radius 1 is 1.27 bits per heavy atom. The van der Waals surface area contributed by atoms with Gasteiger partial charge in [0.15, 0.2) is 0 Å². The van der Waals surface area contributed by atoms with E-state index in [1.165, 1.54) is 12.0 Å². The molecule has 1 amide bonds. The highest BCUT2D eigenvalue weighted by molar-refractivity contribution is 5.80. The highest BCUT2D eigenvalue weighted by Gasteiger charge is 2.47. The maximum atomic E-state index is 13.2. The molecule has 0 bridgehead atoms. The van der Waals surface area contributed by atoms with Crippen LogP contribution in [0.3, 0.4) is 0 Å². The molecule has 0 spiro atoms. The zero-order valence-electron chi connectivity index (χ0n) is 15.6. The number of hydrogen-bond acceptors (Lipinski definition) is 3. The van der Waals surface area contributed by atoms with Gasteiger partial charge in [-0.1, -0.05) is 30.3 Å². The van der Waals surface area contributed by atoms with Gasteiger partial charge < -0.3 is 4.90 Å². The van der Waals surface area contributed by atoms with Crippen molar-refractivity contribution >= 4 is 5.91 Å². The minimum absolute atomic E-state index is 0.107. The first-order chi connectivity index (χ1) is 12.6. The van der Waals surface area contributed by atoms with E-state index in [1.54, 1.807) is 0 Å². The second-order valence-corrected chi connectivity index (χ2v) is 7.72. The van der Waals surface area contributed by atoms with Crippen molar-refractivity contribution in [2.45, 2.75) is 44.8 Å². The summed E-state index contributed by atoms with van der Waals surface area (Å²) in [6.07, 6.45) is 5.10. The first-order valence-corrected chi connectivity index (χ1v) is 9.60. The lowest BCUT2D eigenvalue weighted by molar-refractivity contribution is -0.135. The molecule has 26 heavy (non-hydrogen) atoms. The van der Waals surface area contributed by atoms with Gasteiger partial charge in [-0.25, -0.2) is 0 Å². The molecule has 4 rings (SSSR count). The van der Waals surface area contributed by atoms with Crippen LogP contribution in [0.15, 0.2) is 48.7 Å². The molecule has 2 fully saturated rings. The number of aryl methyl sites for hydroxylation is 1. The molecule has 0 radical (unpaired) electrons. The molecule has 2 aromatic rings. The van der Waals surface area contributed by atoms with Gasteiger partial charge in [0, 0.05) is 37.6 Å². The van der Waals surface area contributed by atoms with Gasteiger partial charge in [0.25, 0.3) is 0 Å². The summed E-state index contributed by atoms with van der Waals surface area (Å²) in [5.41, 5.74) is 3.49.